The first kappa shape index (κ1) is 9.52. The van der Waals surface area contributed by atoms with Crippen LogP contribution in [0.15, 0.2) is 31.0 Å². The number of H-pyrrole nitrogens is 1. The van der Waals surface area contributed by atoms with Gasteiger partial charge >= 0.3 is 5.97 Å². The van der Waals surface area contributed by atoms with Crippen molar-refractivity contribution in [3.05, 3.63) is 36.7 Å². The van der Waals surface area contributed by atoms with Crippen molar-refractivity contribution in [1.29, 1.82) is 0 Å². The number of hydrogen-bond donors (Lipinski definition) is 2. The molecule has 0 fully saturated rings. The van der Waals surface area contributed by atoms with Crippen LogP contribution in [0.25, 0.3) is 16.7 Å². The average Bonchev–Trinajstić information content (AvgIpc) is 2.98. The molecule has 0 radical (unpaired) electrons. The Kier molecular flexibility index (Phi) is 1.91. The zero-order valence-corrected chi connectivity index (χ0v) is 8.53. The van der Waals surface area contributed by atoms with E-state index in [-0.39, 0.29) is 5.69 Å². The van der Waals surface area contributed by atoms with Crippen LogP contribution >= 0.6 is 0 Å². The Morgan fingerprint density at radius 2 is 2.35 bits per heavy atom. The van der Waals surface area contributed by atoms with Gasteiger partial charge in [0.1, 0.15) is 12.1 Å². The summed E-state index contributed by atoms with van der Waals surface area (Å²) in [6.45, 7) is 0. The van der Waals surface area contributed by atoms with E-state index in [0.717, 1.165) is 0 Å². The van der Waals surface area contributed by atoms with E-state index in [0.29, 0.717) is 16.7 Å². The van der Waals surface area contributed by atoms with Crippen LogP contribution in [0.2, 0.25) is 0 Å². The van der Waals surface area contributed by atoms with Crippen molar-refractivity contribution in [1.82, 2.24) is 24.7 Å². The normalized spacial score (nSPS) is 10.8. The van der Waals surface area contributed by atoms with Crippen LogP contribution in [0.4, 0.5) is 0 Å². The van der Waals surface area contributed by atoms with E-state index < -0.39 is 5.97 Å². The molecule has 3 rings (SSSR count). The number of pyridine rings is 1. The smallest absolute Gasteiger partial charge is 0.356 e. The highest BCUT2D eigenvalue weighted by Gasteiger charge is 2.14. The molecule has 7 heteroatoms. The van der Waals surface area contributed by atoms with E-state index in [9.17, 15) is 4.79 Å². The third kappa shape index (κ3) is 1.44. The second kappa shape index (κ2) is 3.41. The third-order valence-corrected chi connectivity index (χ3v) is 2.39. The fraction of sp³-hybridized carbons (Fsp3) is 0. The molecule has 0 saturated carbocycles. The van der Waals surface area contributed by atoms with Crippen molar-refractivity contribution in [3.63, 3.8) is 0 Å². The van der Waals surface area contributed by atoms with E-state index in [2.05, 4.69) is 20.2 Å². The van der Waals surface area contributed by atoms with E-state index in [4.69, 9.17) is 5.11 Å². The monoisotopic (exact) mass is 229 g/mol. The number of carboxylic acid groups (broad SMARTS) is 1. The number of aromatic carboxylic acids is 1. The van der Waals surface area contributed by atoms with Crippen molar-refractivity contribution < 1.29 is 9.90 Å². The molecule has 0 aliphatic rings. The summed E-state index contributed by atoms with van der Waals surface area (Å²) in [6.07, 6.45) is 6.41. The van der Waals surface area contributed by atoms with Gasteiger partial charge in [0, 0.05) is 17.8 Å². The molecule has 2 N–H and O–H groups in total. The first-order valence-corrected chi connectivity index (χ1v) is 4.81. The fourth-order valence-electron chi connectivity index (χ4n) is 1.62. The number of nitrogens with one attached hydrogen (secondary N) is 1. The number of aromatic nitrogens is 5. The number of nitrogens with zero attached hydrogens (tertiary/aromatic N) is 4. The van der Waals surface area contributed by atoms with E-state index in [1.165, 1.54) is 0 Å². The number of carbonyl (C=O) groups is 1. The average molecular weight is 229 g/mol. The largest absolute Gasteiger partial charge is 0.476 e. The van der Waals surface area contributed by atoms with Gasteiger partial charge in [-0.15, -0.1) is 0 Å². The van der Waals surface area contributed by atoms with Gasteiger partial charge < -0.3 is 5.11 Å². The molecule has 7 nitrogen and oxygen atoms in total. The summed E-state index contributed by atoms with van der Waals surface area (Å²) < 4.78 is 1.64. The highest BCUT2D eigenvalue weighted by molar-refractivity contribution is 6.00. The molecule has 0 spiro atoms. The van der Waals surface area contributed by atoms with Crippen molar-refractivity contribution in [2.45, 2.75) is 0 Å². The lowest BCUT2D eigenvalue weighted by Gasteiger charge is -2.03. The Labute approximate surface area is 94.7 Å². The summed E-state index contributed by atoms with van der Waals surface area (Å²) >= 11 is 0. The zero-order chi connectivity index (χ0) is 11.8. The lowest BCUT2D eigenvalue weighted by atomic mass is 10.2. The maximum absolute atomic E-state index is 11.1. The lowest BCUT2D eigenvalue weighted by molar-refractivity contribution is 0.0692. The van der Waals surface area contributed by atoms with Gasteiger partial charge in [-0.3, -0.25) is 9.67 Å². The fourth-order valence-corrected chi connectivity index (χ4v) is 1.62. The SMILES string of the molecule is O=C(O)c1nc(-n2ccnc2)cc2cn[nH]c12. The highest BCUT2D eigenvalue weighted by Crippen LogP contribution is 2.17. The molecular formula is C10H7N5O2. The number of carboxylic acids is 1. The highest BCUT2D eigenvalue weighted by atomic mass is 16.4. The van der Waals surface area contributed by atoms with Crippen molar-refractivity contribution in [3.8, 4) is 5.82 Å². The minimum atomic E-state index is -1.10. The van der Waals surface area contributed by atoms with Crippen LogP contribution in [0, 0.1) is 0 Å². The zero-order valence-electron chi connectivity index (χ0n) is 8.53. The van der Waals surface area contributed by atoms with E-state index in [1.54, 1.807) is 35.6 Å². The van der Waals surface area contributed by atoms with Crippen LogP contribution < -0.4 is 0 Å². The first-order chi connectivity index (χ1) is 8.25. The van der Waals surface area contributed by atoms with E-state index >= 15 is 0 Å². The van der Waals surface area contributed by atoms with Gasteiger partial charge in [-0.25, -0.2) is 14.8 Å². The van der Waals surface area contributed by atoms with Gasteiger partial charge in [-0.05, 0) is 6.07 Å². The number of fused-ring (bicyclic) bond motifs is 1. The van der Waals surface area contributed by atoms with Gasteiger partial charge in [0.15, 0.2) is 5.69 Å². The topological polar surface area (TPSA) is 96.7 Å². The molecule has 3 aromatic heterocycles. The Balaban J connectivity index is 2.31. The summed E-state index contributed by atoms with van der Waals surface area (Å²) in [5, 5.41) is 16.2. The van der Waals surface area contributed by atoms with Crippen LogP contribution in [0.5, 0.6) is 0 Å². The maximum atomic E-state index is 11.1. The van der Waals surface area contributed by atoms with Crippen LogP contribution in [0.3, 0.4) is 0 Å². The summed E-state index contributed by atoms with van der Waals surface area (Å²) in [5.74, 6) is -0.602. The predicted octanol–water partition coefficient (Wildman–Crippen LogP) is 0.842. The minimum absolute atomic E-state index is 0.0521. The molecular weight excluding hydrogens is 222 g/mol. The van der Waals surface area contributed by atoms with Crippen molar-refractivity contribution in [2.24, 2.45) is 0 Å². The van der Waals surface area contributed by atoms with E-state index in [1.807, 2.05) is 0 Å². The van der Waals surface area contributed by atoms with Gasteiger partial charge in [-0.2, -0.15) is 5.10 Å². The number of hydrogen-bond acceptors (Lipinski definition) is 4. The predicted molar refractivity (Wildman–Crippen MR) is 58.0 cm³/mol. The second-order valence-corrected chi connectivity index (χ2v) is 3.44. The second-order valence-electron chi connectivity index (χ2n) is 3.44. The minimum Gasteiger partial charge on any atom is -0.476 e. The Morgan fingerprint density at radius 3 is 3.06 bits per heavy atom. The van der Waals surface area contributed by atoms with Crippen LogP contribution in [-0.4, -0.2) is 35.8 Å². The summed E-state index contributed by atoms with van der Waals surface area (Å²) in [4.78, 5) is 19.1. The number of aromatic amines is 1. The molecule has 0 aliphatic heterocycles. The molecule has 0 bridgehead atoms. The molecule has 0 saturated heterocycles. The molecule has 0 unspecified atom stereocenters. The Morgan fingerprint density at radius 1 is 1.47 bits per heavy atom. The van der Waals surface area contributed by atoms with Crippen molar-refractivity contribution in [2.75, 3.05) is 0 Å². The molecule has 3 aromatic rings. The van der Waals surface area contributed by atoms with Crippen molar-refractivity contribution >= 4 is 16.9 Å². The quantitative estimate of drug-likeness (QED) is 0.678. The molecule has 0 aliphatic carbocycles. The van der Waals surface area contributed by atoms with Crippen LogP contribution in [0.1, 0.15) is 10.5 Å². The first-order valence-electron chi connectivity index (χ1n) is 4.81. The number of imidazole rings is 1. The number of rotatable bonds is 2. The molecule has 84 valence electrons. The molecule has 17 heavy (non-hydrogen) atoms. The molecule has 0 aromatic carbocycles. The third-order valence-electron chi connectivity index (χ3n) is 2.39. The summed E-state index contributed by atoms with van der Waals surface area (Å²) in [7, 11) is 0. The maximum Gasteiger partial charge on any atom is 0.356 e. The molecule has 0 atom stereocenters. The molecule has 0 amide bonds. The van der Waals surface area contributed by atoms with Gasteiger partial charge in [0.25, 0.3) is 0 Å². The standard InChI is InChI=1S/C10H7N5O2/c16-10(17)9-8-6(4-12-14-8)3-7(13-9)15-2-1-11-5-15/h1-5H,(H,12,14)(H,16,17). The van der Waals surface area contributed by atoms with Gasteiger partial charge in [0.2, 0.25) is 0 Å². The lowest BCUT2D eigenvalue weighted by Crippen LogP contribution is -2.05. The van der Waals surface area contributed by atoms with Crippen LogP contribution in [-0.2, 0) is 0 Å². The Bertz CT molecular complexity index is 686. The summed E-state index contributed by atoms with van der Waals surface area (Å²) in [6, 6.07) is 1.74. The van der Waals surface area contributed by atoms with Gasteiger partial charge in [-0.1, -0.05) is 0 Å². The van der Waals surface area contributed by atoms with Gasteiger partial charge in [0.05, 0.1) is 11.7 Å². The Hall–Kier alpha value is -2.70. The molecule has 3 heterocycles. The summed E-state index contributed by atoms with van der Waals surface area (Å²) in [5.41, 5.74) is 0.366.